The van der Waals surface area contributed by atoms with Gasteiger partial charge in [0.25, 0.3) is 5.69 Å². The van der Waals surface area contributed by atoms with Crippen molar-refractivity contribution < 1.29 is 9.66 Å². The minimum absolute atomic E-state index is 0.00535. The predicted molar refractivity (Wildman–Crippen MR) is 74.7 cm³/mol. The highest BCUT2D eigenvalue weighted by atomic mass is 35.5. The Morgan fingerprint density at radius 3 is 2.95 bits per heavy atom. The first-order valence-corrected chi connectivity index (χ1v) is 6.82. The van der Waals surface area contributed by atoms with Crippen LogP contribution in [0.3, 0.4) is 0 Å². The van der Waals surface area contributed by atoms with Crippen LogP contribution < -0.4 is 4.74 Å². The molecule has 1 aliphatic carbocycles. The van der Waals surface area contributed by atoms with Crippen LogP contribution in [0.4, 0.5) is 5.69 Å². The Labute approximate surface area is 117 Å². The summed E-state index contributed by atoms with van der Waals surface area (Å²) in [5.74, 6) is 0.381. The number of benzene rings is 1. The minimum atomic E-state index is -0.447. The van der Waals surface area contributed by atoms with E-state index in [9.17, 15) is 10.1 Å². The average Bonchev–Trinajstić information content (AvgIpc) is 2.34. The third kappa shape index (κ3) is 3.96. The molecule has 0 saturated carbocycles. The van der Waals surface area contributed by atoms with Crippen molar-refractivity contribution in [2.75, 3.05) is 0 Å². The summed E-state index contributed by atoms with van der Waals surface area (Å²) in [4.78, 5) is 10.3. The first-order valence-electron chi connectivity index (χ1n) is 6.44. The second-order valence-electron chi connectivity index (χ2n) is 4.59. The quantitative estimate of drug-likeness (QED) is 0.465. The van der Waals surface area contributed by atoms with Crippen molar-refractivity contribution in [1.29, 1.82) is 0 Å². The van der Waals surface area contributed by atoms with Gasteiger partial charge in [-0.2, -0.15) is 0 Å². The van der Waals surface area contributed by atoms with Crippen LogP contribution in [0, 0.1) is 10.1 Å². The molecule has 4 nitrogen and oxygen atoms in total. The lowest BCUT2D eigenvalue weighted by Crippen LogP contribution is -2.14. The van der Waals surface area contributed by atoms with E-state index in [0.29, 0.717) is 10.8 Å². The highest BCUT2D eigenvalue weighted by Crippen LogP contribution is 2.30. The van der Waals surface area contributed by atoms with Gasteiger partial charge in [0.15, 0.2) is 0 Å². The van der Waals surface area contributed by atoms with E-state index in [1.165, 1.54) is 31.0 Å². The van der Waals surface area contributed by atoms with Gasteiger partial charge in [-0.05, 0) is 37.8 Å². The van der Waals surface area contributed by atoms with Gasteiger partial charge in [-0.15, -0.1) is 0 Å². The van der Waals surface area contributed by atoms with Gasteiger partial charge in [-0.1, -0.05) is 24.1 Å². The lowest BCUT2D eigenvalue weighted by atomic mass is 10.0. The maximum Gasteiger partial charge on any atom is 0.273 e. The highest BCUT2D eigenvalue weighted by Gasteiger charge is 2.14. The van der Waals surface area contributed by atoms with Crippen LogP contribution in [0.1, 0.15) is 32.1 Å². The van der Waals surface area contributed by atoms with Crippen LogP contribution in [0.25, 0.3) is 0 Å². The molecule has 0 bridgehead atoms. The zero-order valence-electron chi connectivity index (χ0n) is 10.5. The van der Waals surface area contributed by atoms with Crippen molar-refractivity contribution >= 4 is 17.3 Å². The van der Waals surface area contributed by atoms with Gasteiger partial charge in [0.05, 0.1) is 16.0 Å². The van der Waals surface area contributed by atoms with E-state index in [-0.39, 0.29) is 11.8 Å². The fourth-order valence-corrected chi connectivity index (χ4v) is 2.25. The monoisotopic (exact) mass is 281 g/mol. The third-order valence-corrected chi connectivity index (χ3v) is 3.43. The molecule has 2 rings (SSSR count). The van der Waals surface area contributed by atoms with Crippen LogP contribution in [-0.2, 0) is 0 Å². The molecule has 1 aromatic rings. The van der Waals surface area contributed by atoms with Crippen LogP contribution in [0.15, 0.2) is 30.4 Å². The van der Waals surface area contributed by atoms with Crippen LogP contribution in [-0.4, -0.2) is 11.0 Å². The Kier molecular flexibility index (Phi) is 4.80. The molecule has 1 aromatic carbocycles. The second kappa shape index (κ2) is 6.57. The van der Waals surface area contributed by atoms with Gasteiger partial charge >= 0.3 is 0 Å². The lowest BCUT2D eigenvalue weighted by Gasteiger charge is -2.18. The normalized spacial score (nSPS) is 21.2. The topological polar surface area (TPSA) is 52.4 Å². The van der Waals surface area contributed by atoms with Crippen LogP contribution in [0.5, 0.6) is 5.75 Å². The summed E-state index contributed by atoms with van der Waals surface area (Å²) in [6, 6.07) is 4.26. The molecule has 0 heterocycles. The number of nitro groups is 1. The summed E-state index contributed by atoms with van der Waals surface area (Å²) >= 11 is 6.02. The molecule has 0 fully saturated rings. The summed E-state index contributed by atoms with van der Waals surface area (Å²) in [5, 5.41) is 11.2. The Hall–Kier alpha value is -1.55. The molecule has 19 heavy (non-hydrogen) atoms. The number of rotatable bonds is 3. The third-order valence-electron chi connectivity index (χ3n) is 3.11. The van der Waals surface area contributed by atoms with E-state index >= 15 is 0 Å². The Morgan fingerprint density at radius 2 is 2.16 bits per heavy atom. The number of nitrogens with zero attached hydrogens (tertiary/aromatic N) is 1. The van der Waals surface area contributed by atoms with Gasteiger partial charge in [-0.25, -0.2) is 0 Å². The fraction of sp³-hybridized carbons (Fsp3) is 0.429. The first kappa shape index (κ1) is 13.9. The molecule has 0 aromatic heterocycles. The Balaban J connectivity index is 2.14. The number of nitro benzene ring substituents is 1. The molecular weight excluding hydrogens is 266 g/mol. The maximum atomic E-state index is 10.8. The number of allylic oxidation sites excluding steroid dienone is 1. The van der Waals surface area contributed by atoms with E-state index in [2.05, 4.69) is 6.08 Å². The smallest absolute Gasteiger partial charge is 0.273 e. The van der Waals surface area contributed by atoms with Crippen molar-refractivity contribution in [3.05, 3.63) is 45.5 Å². The molecule has 0 amide bonds. The SMILES string of the molecule is O=[N+]([O-])c1ccc(Cl)c(OC2/C=C/CCCCC2)c1. The summed E-state index contributed by atoms with van der Waals surface area (Å²) in [6.07, 6.45) is 9.54. The van der Waals surface area contributed by atoms with Gasteiger partial charge in [0, 0.05) is 6.07 Å². The van der Waals surface area contributed by atoms with Crippen molar-refractivity contribution in [2.24, 2.45) is 0 Å². The highest BCUT2D eigenvalue weighted by molar-refractivity contribution is 6.32. The van der Waals surface area contributed by atoms with Gasteiger partial charge < -0.3 is 4.74 Å². The zero-order valence-corrected chi connectivity index (χ0v) is 11.3. The van der Waals surface area contributed by atoms with E-state index in [1.807, 2.05) is 6.08 Å². The summed E-state index contributed by atoms with van der Waals surface area (Å²) in [6.45, 7) is 0. The van der Waals surface area contributed by atoms with E-state index in [4.69, 9.17) is 16.3 Å². The fourth-order valence-electron chi connectivity index (χ4n) is 2.09. The second-order valence-corrected chi connectivity index (χ2v) is 5.00. The zero-order chi connectivity index (χ0) is 13.7. The number of hydrogen-bond donors (Lipinski definition) is 0. The first-order chi connectivity index (χ1) is 9.16. The largest absolute Gasteiger partial charge is 0.485 e. The van der Waals surface area contributed by atoms with E-state index in [0.717, 1.165) is 19.3 Å². The molecule has 0 radical (unpaired) electrons. The number of halogens is 1. The lowest BCUT2D eigenvalue weighted by molar-refractivity contribution is -0.384. The molecule has 5 heteroatoms. The molecular formula is C14H16ClNO3. The maximum absolute atomic E-state index is 10.8. The van der Waals surface area contributed by atoms with Gasteiger partial charge in [0.2, 0.25) is 0 Å². The molecule has 0 aliphatic heterocycles. The van der Waals surface area contributed by atoms with Crippen molar-refractivity contribution in [1.82, 2.24) is 0 Å². The predicted octanol–water partition coefficient (Wildman–Crippen LogP) is 4.52. The Bertz CT molecular complexity index is 488. The molecule has 1 atom stereocenters. The van der Waals surface area contributed by atoms with Gasteiger partial charge in [-0.3, -0.25) is 10.1 Å². The van der Waals surface area contributed by atoms with Crippen molar-refractivity contribution in [3.8, 4) is 5.75 Å². The van der Waals surface area contributed by atoms with Crippen LogP contribution >= 0.6 is 11.6 Å². The standard InChI is InChI=1S/C14H16ClNO3/c15-13-9-8-11(16(17)18)10-14(13)19-12-6-4-2-1-3-5-7-12/h4,6,8-10,12H,1-3,5,7H2/b6-4+. The minimum Gasteiger partial charge on any atom is -0.485 e. The molecule has 0 N–H and O–H groups in total. The molecule has 1 unspecified atom stereocenters. The molecule has 102 valence electrons. The van der Waals surface area contributed by atoms with E-state index < -0.39 is 4.92 Å². The molecule has 0 saturated heterocycles. The number of non-ortho nitro benzene ring substituents is 1. The number of ether oxygens (including phenoxy) is 1. The molecule has 0 spiro atoms. The summed E-state index contributed by atoms with van der Waals surface area (Å²) in [7, 11) is 0. The summed E-state index contributed by atoms with van der Waals surface area (Å²) < 4.78 is 5.79. The van der Waals surface area contributed by atoms with Crippen molar-refractivity contribution in [3.63, 3.8) is 0 Å². The molecule has 1 aliphatic rings. The van der Waals surface area contributed by atoms with Crippen molar-refractivity contribution in [2.45, 2.75) is 38.2 Å². The van der Waals surface area contributed by atoms with Gasteiger partial charge in [0.1, 0.15) is 11.9 Å². The van der Waals surface area contributed by atoms with Crippen LogP contribution in [0.2, 0.25) is 5.02 Å². The average molecular weight is 282 g/mol. The summed E-state index contributed by atoms with van der Waals surface area (Å²) in [5.41, 5.74) is -0.00535. The Morgan fingerprint density at radius 1 is 1.32 bits per heavy atom. The number of hydrogen-bond acceptors (Lipinski definition) is 3. The van der Waals surface area contributed by atoms with E-state index in [1.54, 1.807) is 0 Å².